The smallest absolute Gasteiger partial charge is 0.273 e. The van der Waals surface area contributed by atoms with E-state index in [1.807, 2.05) is 73.3 Å². The number of hydrogen-bond donors (Lipinski definition) is 2. The fourth-order valence-electron chi connectivity index (χ4n) is 4.45. The van der Waals surface area contributed by atoms with Crippen LogP contribution in [0.3, 0.4) is 0 Å². The molecular weight excluding hydrogens is 450 g/mol. The average molecular weight is 474 g/mol. The molecular formula is C27H24ClN3O3. The largest absolute Gasteiger partial charge is 0.507 e. The SMILES string of the molecule is CCCN1C(=O)c2[nH]nc(-c3cc(Cl)c(C)cc3O)c2C1c1cccc(Oc2ccccc2)c1. The van der Waals surface area contributed by atoms with Crippen molar-refractivity contribution in [1.82, 2.24) is 15.1 Å². The third-order valence-electron chi connectivity index (χ3n) is 6.01. The van der Waals surface area contributed by atoms with Crippen molar-refractivity contribution in [3.8, 4) is 28.5 Å². The van der Waals surface area contributed by atoms with E-state index in [9.17, 15) is 9.90 Å². The van der Waals surface area contributed by atoms with Crippen LogP contribution in [0.15, 0.2) is 66.7 Å². The molecule has 1 aliphatic rings. The number of amides is 1. The molecule has 0 spiro atoms. The summed E-state index contributed by atoms with van der Waals surface area (Å²) in [6, 6.07) is 20.2. The molecule has 1 aromatic heterocycles. The summed E-state index contributed by atoms with van der Waals surface area (Å²) < 4.78 is 6.05. The van der Waals surface area contributed by atoms with Gasteiger partial charge < -0.3 is 14.7 Å². The number of H-pyrrole nitrogens is 1. The molecule has 5 rings (SSSR count). The van der Waals surface area contributed by atoms with Gasteiger partial charge in [-0.05, 0) is 60.9 Å². The Morgan fingerprint density at radius 2 is 1.85 bits per heavy atom. The lowest BCUT2D eigenvalue weighted by Gasteiger charge is -2.26. The number of fused-ring (bicyclic) bond motifs is 1. The standard InChI is InChI=1S/C27H24ClN3O3/c1-3-12-31-26(17-8-7-11-19(14-17)34-18-9-5-4-6-10-18)23-24(29-30-25(23)27(31)33)20-15-21(28)16(2)13-22(20)32/h4-11,13-15,26,32H,3,12H2,1-2H3,(H,29,30). The van der Waals surface area contributed by atoms with Gasteiger partial charge >= 0.3 is 0 Å². The van der Waals surface area contributed by atoms with Crippen molar-refractivity contribution < 1.29 is 14.6 Å². The summed E-state index contributed by atoms with van der Waals surface area (Å²) in [5.74, 6) is 1.36. The van der Waals surface area contributed by atoms with Gasteiger partial charge in [0, 0.05) is 22.7 Å². The molecule has 172 valence electrons. The van der Waals surface area contributed by atoms with Gasteiger partial charge in [-0.3, -0.25) is 9.89 Å². The number of aromatic hydroxyl groups is 1. The zero-order valence-corrected chi connectivity index (χ0v) is 19.6. The second-order valence-corrected chi connectivity index (χ2v) is 8.78. The quantitative estimate of drug-likeness (QED) is 0.335. The molecule has 1 amide bonds. The predicted octanol–water partition coefficient (Wildman–Crippen LogP) is 6.49. The minimum atomic E-state index is -0.380. The lowest BCUT2D eigenvalue weighted by Crippen LogP contribution is -2.30. The number of rotatable bonds is 6. The second kappa shape index (κ2) is 8.88. The van der Waals surface area contributed by atoms with Crippen molar-refractivity contribution in [3.63, 3.8) is 0 Å². The molecule has 34 heavy (non-hydrogen) atoms. The van der Waals surface area contributed by atoms with Crippen LogP contribution >= 0.6 is 11.6 Å². The molecule has 1 aliphatic heterocycles. The number of ether oxygens (including phenoxy) is 1. The lowest BCUT2D eigenvalue weighted by molar-refractivity contribution is 0.0744. The van der Waals surface area contributed by atoms with E-state index in [2.05, 4.69) is 10.2 Å². The number of carbonyl (C=O) groups excluding carboxylic acids is 1. The summed E-state index contributed by atoms with van der Waals surface area (Å²) in [7, 11) is 0. The molecule has 7 heteroatoms. The first-order chi connectivity index (χ1) is 16.5. The molecule has 0 fully saturated rings. The fraction of sp³-hybridized carbons (Fsp3) is 0.185. The predicted molar refractivity (Wildman–Crippen MR) is 132 cm³/mol. The first-order valence-electron chi connectivity index (χ1n) is 11.2. The maximum Gasteiger partial charge on any atom is 0.273 e. The van der Waals surface area contributed by atoms with E-state index >= 15 is 0 Å². The fourth-order valence-corrected chi connectivity index (χ4v) is 4.61. The number of nitrogens with zero attached hydrogens (tertiary/aromatic N) is 2. The summed E-state index contributed by atoms with van der Waals surface area (Å²) in [5, 5.41) is 18.6. The van der Waals surface area contributed by atoms with Crippen LogP contribution in [-0.4, -0.2) is 32.7 Å². The molecule has 0 aliphatic carbocycles. The molecule has 1 unspecified atom stereocenters. The number of aryl methyl sites for hydroxylation is 1. The second-order valence-electron chi connectivity index (χ2n) is 8.37. The van der Waals surface area contributed by atoms with E-state index in [1.54, 1.807) is 12.1 Å². The molecule has 0 radical (unpaired) electrons. The molecule has 0 bridgehead atoms. The average Bonchev–Trinajstić information content (AvgIpc) is 3.37. The summed E-state index contributed by atoms with van der Waals surface area (Å²) >= 11 is 6.37. The van der Waals surface area contributed by atoms with Crippen molar-refractivity contribution >= 4 is 17.5 Å². The summed E-state index contributed by atoms with van der Waals surface area (Å²) in [5.41, 5.74) is 3.82. The highest BCUT2D eigenvalue weighted by Crippen LogP contribution is 2.46. The first-order valence-corrected chi connectivity index (χ1v) is 11.6. The number of benzene rings is 3. The summed E-state index contributed by atoms with van der Waals surface area (Å²) in [6.45, 7) is 4.45. The Labute approximate surface area is 202 Å². The molecule has 0 saturated carbocycles. The van der Waals surface area contributed by atoms with Gasteiger partial charge in [0.1, 0.15) is 28.6 Å². The van der Waals surface area contributed by atoms with Crippen LogP contribution in [0.4, 0.5) is 0 Å². The van der Waals surface area contributed by atoms with Gasteiger partial charge in [0.15, 0.2) is 0 Å². The van der Waals surface area contributed by atoms with Crippen LogP contribution in [0, 0.1) is 6.92 Å². The van der Waals surface area contributed by atoms with Crippen LogP contribution < -0.4 is 4.74 Å². The Kier molecular flexibility index (Phi) is 5.75. The van der Waals surface area contributed by atoms with Crippen molar-refractivity contribution in [2.45, 2.75) is 26.3 Å². The minimum Gasteiger partial charge on any atom is -0.507 e. The highest BCUT2D eigenvalue weighted by atomic mass is 35.5. The molecule has 3 aromatic carbocycles. The Balaban J connectivity index is 1.62. The number of nitrogens with one attached hydrogen (secondary N) is 1. The zero-order valence-electron chi connectivity index (χ0n) is 18.9. The van der Waals surface area contributed by atoms with Crippen molar-refractivity contribution in [2.24, 2.45) is 0 Å². The lowest BCUT2D eigenvalue weighted by atomic mass is 9.95. The van der Waals surface area contributed by atoms with Crippen molar-refractivity contribution in [1.29, 1.82) is 0 Å². The van der Waals surface area contributed by atoms with E-state index in [0.717, 1.165) is 28.9 Å². The van der Waals surface area contributed by atoms with Gasteiger partial charge in [-0.1, -0.05) is 48.9 Å². The summed E-state index contributed by atoms with van der Waals surface area (Å²) in [4.78, 5) is 15.2. The van der Waals surface area contributed by atoms with Crippen LogP contribution in [0.2, 0.25) is 5.02 Å². The topological polar surface area (TPSA) is 78.5 Å². The minimum absolute atomic E-state index is 0.0671. The van der Waals surface area contributed by atoms with E-state index in [-0.39, 0.29) is 17.7 Å². The van der Waals surface area contributed by atoms with Gasteiger partial charge in [0.2, 0.25) is 0 Å². The molecule has 1 atom stereocenters. The van der Waals surface area contributed by atoms with Gasteiger partial charge in [-0.2, -0.15) is 5.10 Å². The molecule has 6 nitrogen and oxygen atoms in total. The van der Waals surface area contributed by atoms with Crippen molar-refractivity contribution in [3.05, 3.63) is 94.1 Å². The van der Waals surface area contributed by atoms with E-state index in [0.29, 0.717) is 34.3 Å². The number of aromatic amines is 1. The Morgan fingerprint density at radius 3 is 2.62 bits per heavy atom. The van der Waals surface area contributed by atoms with E-state index < -0.39 is 0 Å². The maximum atomic E-state index is 13.3. The Hall–Kier alpha value is -3.77. The van der Waals surface area contributed by atoms with E-state index in [1.165, 1.54) is 0 Å². The third-order valence-corrected chi connectivity index (χ3v) is 6.42. The highest BCUT2D eigenvalue weighted by Gasteiger charge is 2.42. The molecule has 2 heterocycles. The Bertz CT molecular complexity index is 1370. The van der Waals surface area contributed by atoms with Gasteiger partial charge in [0.05, 0.1) is 6.04 Å². The zero-order chi connectivity index (χ0) is 23.8. The van der Waals surface area contributed by atoms with E-state index in [4.69, 9.17) is 16.3 Å². The molecule has 2 N–H and O–H groups in total. The van der Waals surface area contributed by atoms with Crippen LogP contribution in [0.5, 0.6) is 17.2 Å². The monoisotopic (exact) mass is 473 g/mol. The number of hydrogen-bond acceptors (Lipinski definition) is 4. The van der Waals surface area contributed by atoms with Gasteiger partial charge in [-0.15, -0.1) is 0 Å². The number of carbonyl (C=O) groups is 1. The third kappa shape index (κ3) is 3.80. The van der Waals surface area contributed by atoms with Crippen LogP contribution in [-0.2, 0) is 0 Å². The number of phenols is 1. The normalized spacial score (nSPS) is 15.0. The van der Waals surface area contributed by atoms with Gasteiger partial charge in [-0.25, -0.2) is 0 Å². The maximum absolute atomic E-state index is 13.3. The first kappa shape index (κ1) is 22.0. The molecule has 0 saturated heterocycles. The number of aromatic nitrogens is 2. The highest BCUT2D eigenvalue weighted by molar-refractivity contribution is 6.31. The number of halogens is 1. The van der Waals surface area contributed by atoms with Crippen LogP contribution in [0.1, 0.15) is 46.6 Å². The van der Waals surface area contributed by atoms with Crippen molar-refractivity contribution in [2.75, 3.05) is 6.54 Å². The molecule has 4 aromatic rings. The number of phenolic OH excluding ortho intramolecular Hbond substituents is 1. The number of para-hydroxylation sites is 1. The summed E-state index contributed by atoms with van der Waals surface area (Å²) in [6.07, 6.45) is 0.803. The Morgan fingerprint density at radius 1 is 1.09 bits per heavy atom. The van der Waals surface area contributed by atoms with Gasteiger partial charge in [0.25, 0.3) is 5.91 Å². The van der Waals surface area contributed by atoms with Crippen LogP contribution in [0.25, 0.3) is 11.3 Å².